The van der Waals surface area contributed by atoms with Crippen LogP contribution in [0, 0.1) is 11.6 Å². The Morgan fingerprint density at radius 3 is 2.53 bits per heavy atom. The number of carbonyl (C=O) groups is 1. The molecule has 3 aromatic carbocycles. The zero-order valence-corrected chi connectivity index (χ0v) is 17.0. The van der Waals surface area contributed by atoms with E-state index in [1.807, 2.05) is 0 Å². The smallest absolute Gasteiger partial charge is 0.280 e. The highest BCUT2D eigenvalue weighted by Crippen LogP contribution is 2.24. The van der Waals surface area contributed by atoms with Gasteiger partial charge in [-0.25, -0.2) is 13.5 Å². The van der Waals surface area contributed by atoms with Gasteiger partial charge in [0.25, 0.3) is 11.5 Å². The van der Waals surface area contributed by atoms with Gasteiger partial charge in [-0.05, 0) is 60.7 Å². The molecule has 0 bridgehead atoms. The summed E-state index contributed by atoms with van der Waals surface area (Å²) >= 11 is 5.77. The summed E-state index contributed by atoms with van der Waals surface area (Å²) < 4.78 is 27.9. The number of rotatable bonds is 3. The summed E-state index contributed by atoms with van der Waals surface area (Å²) in [6, 6.07) is 14.2. The molecule has 0 spiro atoms. The third kappa shape index (κ3) is 3.40. The Hall–Kier alpha value is -4.04. The first-order chi connectivity index (χ1) is 15.4. The molecule has 0 fully saturated rings. The molecule has 0 saturated carbocycles. The summed E-state index contributed by atoms with van der Waals surface area (Å²) in [5, 5.41) is 6.47. The molecular formula is C23H13ClF2N4O2. The summed E-state index contributed by atoms with van der Waals surface area (Å²) in [4.78, 5) is 29.9. The average Bonchev–Trinajstić information content (AvgIpc) is 3.13. The topological polar surface area (TPSA) is 79.8 Å². The highest BCUT2D eigenvalue weighted by atomic mass is 35.5. The van der Waals surface area contributed by atoms with Crippen molar-refractivity contribution in [1.29, 1.82) is 0 Å². The van der Waals surface area contributed by atoms with Crippen LogP contribution in [0.4, 0.5) is 14.5 Å². The maximum absolute atomic E-state index is 13.4. The second kappa shape index (κ2) is 7.58. The Morgan fingerprint density at radius 2 is 1.78 bits per heavy atom. The van der Waals surface area contributed by atoms with E-state index in [0.717, 1.165) is 6.07 Å². The molecule has 6 nitrogen and oxygen atoms in total. The lowest BCUT2D eigenvalue weighted by atomic mass is 10.1. The van der Waals surface area contributed by atoms with Gasteiger partial charge in [0, 0.05) is 22.8 Å². The predicted molar refractivity (Wildman–Crippen MR) is 119 cm³/mol. The van der Waals surface area contributed by atoms with E-state index in [1.165, 1.54) is 47.3 Å². The Balaban J connectivity index is 1.59. The molecular weight excluding hydrogens is 438 g/mol. The van der Waals surface area contributed by atoms with Crippen molar-refractivity contribution in [3.05, 3.63) is 99.4 Å². The molecule has 5 aromatic rings. The largest absolute Gasteiger partial charge is 0.322 e. The Bertz CT molecular complexity index is 1580. The summed E-state index contributed by atoms with van der Waals surface area (Å²) in [5.41, 5.74) is 1.83. The summed E-state index contributed by atoms with van der Waals surface area (Å²) in [6.45, 7) is 0. The van der Waals surface area contributed by atoms with Gasteiger partial charge >= 0.3 is 0 Å². The van der Waals surface area contributed by atoms with Crippen molar-refractivity contribution in [1.82, 2.24) is 14.8 Å². The quantitative estimate of drug-likeness (QED) is 0.403. The number of nitrogens with zero attached hydrogens (tertiary/aromatic N) is 2. The van der Waals surface area contributed by atoms with Crippen LogP contribution in [0.1, 0.15) is 10.4 Å². The third-order valence-corrected chi connectivity index (χ3v) is 5.34. The number of carbonyl (C=O) groups excluding carboxylic acids is 1. The molecule has 1 amide bonds. The minimum atomic E-state index is -0.585. The maximum atomic E-state index is 13.4. The molecule has 2 N–H and O–H groups in total. The molecule has 0 atom stereocenters. The van der Waals surface area contributed by atoms with Crippen LogP contribution in [-0.2, 0) is 0 Å². The number of anilines is 1. The zero-order valence-electron chi connectivity index (χ0n) is 16.2. The minimum absolute atomic E-state index is 0.105. The molecule has 0 aliphatic carbocycles. The van der Waals surface area contributed by atoms with E-state index in [4.69, 9.17) is 11.6 Å². The Kier molecular flexibility index (Phi) is 4.71. The monoisotopic (exact) mass is 450 g/mol. The molecule has 158 valence electrons. The Morgan fingerprint density at radius 1 is 1.00 bits per heavy atom. The lowest BCUT2D eigenvalue weighted by Crippen LogP contribution is -2.14. The van der Waals surface area contributed by atoms with Crippen molar-refractivity contribution in [2.45, 2.75) is 0 Å². The standard InChI is InChI=1S/C23H13ClF2N4O2/c24-18-10-14(4-7-19(18)26)28-22(31)12-1-8-20-16(9-12)21-17(11-27-20)23(32)30(29-21)15-5-2-13(25)3-6-15/h1-11,29H,(H,28,31). The maximum Gasteiger partial charge on any atom is 0.280 e. The fraction of sp³-hybridized carbons (Fsp3) is 0. The first-order valence-electron chi connectivity index (χ1n) is 9.46. The van der Waals surface area contributed by atoms with Crippen LogP contribution < -0.4 is 10.9 Å². The number of hydrogen-bond donors (Lipinski definition) is 2. The van der Waals surface area contributed by atoms with Crippen LogP contribution in [0.2, 0.25) is 5.02 Å². The number of nitrogens with one attached hydrogen (secondary N) is 2. The number of aromatic amines is 1. The SMILES string of the molecule is O=C(Nc1ccc(F)c(Cl)c1)c1ccc2ncc3c(=O)n(-c4ccc(F)cc4)[nH]c3c2c1. The van der Waals surface area contributed by atoms with Gasteiger partial charge in [-0.1, -0.05) is 11.6 Å². The van der Waals surface area contributed by atoms with Crippen LogP contribution in [0.25, 0.3) is 27.5 Å². The van der Waals surface area contributed by atoms with E-state index in [1.54, 1.807) is 18.2 Å². The summed E-state index contributed by atoms with van der Waals surface area (Å²) in [5.74, 6) is -1.44. The van der Waals surface area contributed by atoms with Gasteiger partial charge in [0.15, 0.2) is 0 Å². The number of aromatic nitrogens is 3. The number of benzene rings is 3. The van der Waals surface area contributed by atoms with Crippen molar-refractivity contribution in [3.8, 4) is 5.69 Å². The zero-order chi connectivity index (χ0) is 22.4. The van der Waals surface area contributed by atoms with Gasteiger partial charge in [-0.15, -0.1) is 0 Å². The molecule has 2 aromatic heterocycles. The number of amides is 1. The normalized spacial score (nSPS) is 11.2. The first kappa shape index (κ1) is 19.9. The average molecular weight is 451 g/mol. The van der Waals surface area contributed by atoms with E-state index in [9.17, 15) is 18.4 Å². The molecule has 0 saturated heterocycles. The minimum Gasteiger partial charge on any atom is -0.322 e. The van der Waals surface area contributed by atoms with E-state index in [-0.39, 0.29) is 10.6 Å². The van der Waals surface area contributed by atoms with E-state index in [0.29, 0.717) is 38.7 Å². The van der Waals surface area contributed by atoms with Crippen molar-refractivity contribution >= 4 is 45.0 Å². The lowest BCUT2D eigenvalue weighted by Gasteiger charge is -2.07. The van der Waals surface area contributed by atoms with Crippen LogP contribution in [0.3, 0.4) is 0 Å². The number of fused-ring (bicyclic) bond motifs is 3. The number of pyridine rings is 1. The number of H-pyrrole nitrogens is 1. The van der Waals surface area contributed by atoms with Crippen molar-refractivity contribution < 1.29 is 13.6 Å². The summed E-state index contributed by atoms with van der Waals surface area (Å²) in [7, 11) is 0. The highest BCUT2D eigenvalue weighted by Gasteiger charge is 2.15. The fourth-order valence-corrected chi connectivity index (χ4v) is 3.63. The van der Waals surface area contributed by atoms with Crippen molar-refractivity contribution in [2.24, 2.45) is 0 Å². The van der Waals surface area contributed by atoms with Crippen molar-refractivity contribution in [2.75, 3.05) is 5.32 Å². The lowest BCUT2D eigenvalue weighted by molar-refractivity contribution is 0.102. The molecule has 32 heavy (non-hydrogen) atoms. The molecule has 5 rings (SSSR count). The summed E-state index contributed by atoms with van der Waals surface area (Å²) in [6.07, 6.45) is 1.46. The Labute approximate surface area is 184 Å². The van der Waals surface area contributed by atoms with Crippen molar-refractivity contribution in [3.63, 3.8) is 0 Å². The van der Waals surface area contributed by atoms with E-state index in [2.05, 4.69) is 15.4 Å². The second-order valence-corrected chi connectivity index (χ2v) is 7.50. The van der Waals surface area contributed by atoms with Crippen LogP contribution in [0.15, 0.2) is 71.7 Å². The fourth-order valence-electron chi connectivity index (χ4n) is 3.45. The molecule has 0 radical (unpaired) electrons. The van der Waals surface area contributed by atoms with Gasteiger partial charge in [0.2, 0.25) is 0 Å². The number of halogens is 3. The second-order valence-electron chi connectivity index (χ2n) is 7.09. The van der Waals surface area contributed by atoms with Gasteiger partial charge in [0.1, 0.15) is 11.6 Å². The molecule has 9 heteroatoms. The van der Waals surface area contributed by atoms with E-state index < -0.39 is 17.5 Å². The van der Waals surface area contributed by atoms with Gasteiger partial charge in [-0.2, -0.15) is 0 Å². The molecule has 0 aliphatic heterocycles. The molecule has 0 aliphatic rings. The highest BCUT2D eigenvalue weighted by molar-refractivity contribution is 6.31. The van der Waals surface area contributed by atoms with Gasteiger partial charge in [0.05, 0.1) is 27.1 Å². The third-order valence-electron chi connectivity index (χ3n) is 5.05. The molecule has 2 heterocycles. The van der Waals surface area contributed by atoms with Crippen LogP contribution in [-0.4, -0.2) is 20.7 Å². The first-order valence-corrected chi connectivity index (χ1v) is 9.84. The number of hydrogen-bond acceptors (Lipinski definition) is 3. The molecule has 0 unspecified atom stereocenters. The van der Waals surface area contributed by atoms with E-state index >= 15 is 0 Å². The predicted octanol–water partition coefficient (Wildman–Crippen LogP) is 5.05. The van der Waals surface area contributed by atoms with Gasteiger partial charge < -0.3 is 5.32 Å². The van der Waals surface area contributed by atoms with Crippen LogP contribution in [0.5, 0.6) is 0 Å². The van der Waals surface area contributed by atoms with Crippen LogP contribution >= 0.6 is 11.6 Å². The van der Waals surface area contributed by atoms with Gasteiger partial charge in [-0.3, -0.25) is 19.7 Å².